The van der Waals surface area contributed by atoms with E-state index in [9.17, 15) is 5.11 Å². The summed E-state index contributed by atoms with van der Waals surface area (Å²) in [4.78, 5) is 5.00. The van der Waals surface area contributed by atoms with E-state index in [1.165, 1.54) is 12.0 Å². The number of aliphatic hydroxyl groups is 1. The molecule has 0 radical (unpaired) electrons. The molecule has 0 aromatic heterocycles. The van der Waals surface area contributed by atoms with Crippen LogP contribution in [0.5, 0.6) is 11.5 Å². The largest absolute Gasteiger partial charge is 0.497 e. The van der Waals surface area contributed by atoms with Crippen molar-refractivity contribution in [2.24, 2.45) is 0 Å². The molecule has 0 amide bonds. The number of rotatable bonds is 8. The second-order valence-electron chi connectivity index (χ2n) is 9.37. The van der Waals surface area contributed by atoms with Crippen LogP contribution in [0.1, 0.15) is 43.2 Å². The Balaban J connectivity index is 1.41. The molecule has 0 atom stereocenters. The Kier molecular flexibility index (Phi) is 8.07. The van der Waals surface area contributed by atoms with Crippen LogP contribution in [-0.4, -0.2) is 67.5 Å². The van der Waals surface area contributed by atoms with Gasteiger partial charge in [0.25, 0.3) is 0 Å². The van der Waals surface area contributed by atoms with Gasteiger partial charge in [0.15, 0.2) is 0 Å². The number of methoxy groups -OCH3 is 2. The van der Waals surface area contributed by atoms with Crippen molar-refractivity contribution < 1.29 is 14.6 Å². The van der Waals surface area contributed by atoms with Gasteiger partial charge in [0, 0.05) is 39.3 Å². The van der Waals surface area contributed by atoms with E-state index in [0.717, 1.165) is 87.6 Å². The summed E-state index contributed by atoms with van der Waals surface area (Å²) in [5.41, 5.74) is 2.71. The van der Waals surface area contributed by atoms with Gasteiger partial charge in [0.05, 0.1) is 19.8 Å². The Morgan fingerprint density at radius 3 is 2.21 bits per heavy atom. The molecule has 1 aliphatic heterocycles. The first-order valence-electron chi connectivity index (χ1n) is 12.2. The third-order valence-electron chi connectivity index (χ3n) is 7.12. The molecule has 2 fully saturated rings. The third kappa shape index (κ3) is 6.17. The molecule has 2 aromatic carbocycles. The molecular weight excluding hydrogens is 412 g/mol. The first-order valence-corrected chi connectivity index (χ1v) is 12.2. The van der Waals surface area contributed by atoms with Crippen molar-refractivity contribution in [3.05, 3.63) is 65.7 Å². The summed E-state index contributed by atoms with van der Waals surface area (Å²) in [6, 6.07) is 16.5. The quantitative estimate of drug-likeness (QED) is 0.637. The van der Waals surface area contributed by atoms with Crippen molar-refractivity contribution in [2.45, 2.75) is 44.2 Å². The minimum Gasteiger partial charge on any atom is -0.497 e. The van der Waals surface area contributed by atoms with E-state index >= 15 is 0 Å². The van der Waals surface area contributed by atoms with Crippen LogP contribution in [0.2, 0.25) is 0 Å². The lowest BCUT2D eigenvalue weighted by Crippen LogP contribution is -2.46. The third-order valence-corrected chi connectivity index (χ3v) is 7.12. The second-order valence-corrected chi connectivity index (χ2v) is 9.37. The maximum Gasteiger partial charge on any atom is 0.119 e. The molecule has 0 bridgehead atoms. The molecule has 1 saturated heterocycles. The van der Waals surface area contributed by atoms with Gasteiger partial charge in [-0.05, 0) is 53.8 Å². The zero-order valence-electron chi connectivity index (χ0n) is 20.1. The molecule has 178 valence electrons. The van der Waals surface area contributed by atoms with Crippen LogP contribution in [0.4, 0.5) is 0 Å². The Morgan fingerprint density at radius 1 is 0.879 bits per heavy atom. The molecular formula is C28H38N2O3. The highest BCUT2D eigenvalue weighted by atomic mass is 16.5. The number of benzene rings is 2. The molecule has 5 heteroatoms. The number of ether oxygens (including phenoxy) is 2. The molecule has 1 aliphatic carbocycles. The molecule has 33 heavy (non-hydrogen) atoms. The first-order chi connectivity index (χ1) is 16.1. The van der Waals surface area contributed by atoms with E-state index in [0.29, 0.717) is 0 Å². The van der Waals surface area contributed by atoms with Crippen molar-refractivity contribution in [2.75, 3.05) is 46.9 Å². The molecule has 1 heterocycles. The topological polar surface area (TPSA) is 45.2 Å². The van der Waals surface area contributed by atoms with Crippen molar-refractivity contribution >= 4 is 5.57 Å². The van der Waals surface area contributed by atoms with E-state index in [1.807, 2.05) is 18.2 Å². The standard InChI is InChI=1S/C28H38N2O3/c1-32-25-10-6-8-23(20-25)22-30-18-16-29(17-19-30)15-12-27(28(31)13-4-3-5-14-28)24-9-7-11-26(21-24)33-2/h6-12,20-21,31H,3-5,13-19,22H2,1-2H3. The summed E-state index contributed by atoms with van der Waals surface area (Å²) >= 11 is 0. The van der Waals surface area contributed by atoms with Gasteiger partial charge in [-0.25, -0.2) is 0 Å². The van der Waals surface area contributed by atoms with Crippen molar-refractivity contribution in [3.8, 4) is 11.5 Å². The Hall–Kier alpha value is -2.34. The van der Waals surface area contributed by atoms with Crippen molar-refractivity contribution in [1.82, 2.24) is 9.80 Å². The first kappa shape index (κ1) is 23.8. The van der Waals surface area contributed by atoms with Crippen LogP contribution in [0.25, 0.3) is 5.57 Å². The smallest absolute Gasteiger partial charge is 0.119 e. The van der Waals surface area contributed by atoms with Gasteiger partial charge in [-0.1, -0.05) is 49.6 Å². The average molecular weight is 451 g/mol. The maximum absolute atomic E-state index is 11.6. The SMILES string of the molecule is COc1cccc(CN2CCN(CC=C(c3cccc(OC)c3)C3(O)CCCCC3)CC2)c1. The molecule has 4 rings (SSSR count). The fraction of sp³-hybridized carbons (Fsp3) is 0.500. The number of piperazine rings is 1. The second kappa shape index (κ2) is 11.2. The van der Waals surface area contributed by atoms with Crippen LogP contribution < -0.4 is 9.47 Å². The van der Waals surface area contributed by atoms with E-state index in [-0.39, 0.29) is 0 Å². The summed E-state index contributed by atoms with van der Waals surface area (Å²) in [7, 11) is 3.41. The van der Waals surface area contributed by atoms with Crippen molar-refractivity contribution in [1.29, 1.82) is 0 Å². The summed E-state index contributed by atoms with van der Waals surface area (Å²) in [5.74, 6) is 1.76. The zero-order chi connectivity index (χ0) is 23.1. The van der Waals surface area contributed by atoms with E-state index < -0.39 is 5.60 Å². The number of hydrogen-bond donors (Lipinski definition) is 1. The molecule has 0 spiro atoms. The van der Waals surface area contributed by atoms with E-state index in [2.05, 4.69) is 46.2 Å². The normalized spacial score (nSPS) is 19.9. The van der Waals surface area contributed by atoms with Gasteiger partial charge in [-0.3, -0.25) is 9.80 Å². The monoisotopic (exact) mass is 450 g/mol. The molecule has 5 nitrogen and oxygen atoms in total. The lowest BCUT2D eigenvalue weighted by molar-refractivity contribution is 0.0608. The Morgan fingerprint density at radius 2 is 1.52 bits per heavy atom. The van der Waals surface area contributed by atoms with Crippen LogP contribution in [0.15, 0.2) is 54.6 Å². The lowest BCUT2D eigenvalue weighted by Gasteiger charge is -2.37. The Labute approximate surface area is 198 Å². The highest BCUT2D eigenvalue weighted by molar-refractivity contribution is 5.73. The van der Waals surface area contributed by atoms with E-state index in [1.54, 1.807) is 14.2 Å². The molecule has 2 aliphatic rings. The zero-order valence-corrected chi connectivity index (χ0v) is 20.1. The minimum absolute atomic E-state index is 0.737. The molecule has 2 aromatic rings. The van der Waals surface area contributed by atoms with Gasteiger partial charge in [0.1, 0.15) is 11.5 Å². The molecule has 1 N–H and O–H groups in total. The highest BCUT2D eigenvalue weighted by Crippen LogP contribution is 2.40. The Bertz CT molecular complexity index is 928. The van der Waals surface area contributed by atoms with Crippen LogP contribution >= 0.6 is 0 Å². The summed E-state index contributed by atoms with van der Waals surface area (Å²) in [6.07, 6.45) is 7.33. The maximum atomic E-state index is 11.6. The number of hydrogen-bond acceptors (Lipinski definition) is 5. The average Bonchev–Trinajstić information content (AvgIpc) is 2.86. The summed E-state index contributed by atoms with van der Waals surface area (Å²) in [6.45, 7) is 5.97. The number of nitrogens with zero attached hydrogens (tertiary/aromatic N) is 2. The van der Waals surface area contributed by atoms with Gasteiger partial charge in [-0.15, -0.1) is 0 Å². The van der Waals surface area contributed by atoms with E-state index in [4.69, 9.17) is 9.47 Å². The molecule has 0 unspecified atom stereocenters. The van der Waals surface area contributed by atoms with Crippen LogP contribution in [0, 0.1) is 0 Å². The highest BCUT2D eigenvalue weighted by Gasteiger charge is 2.34. The van der Waals surface area contributed by atoms with Crippen LogP contribution in [-0.2, 0) is 6.54 Å². The summed E-state index contributed by atoms with van der Waals surface area (Å²) < 4.78 is 10.8. The fourth-order valence-electron chi connectivity index (χ4n) is 5.15. The summed E-state index contributed by atoms with van der Waals surface area (Å²) in [5, 5.41) is 11.6. The van der Waals surface area contributed by atoms with Crippen molar-refractivity contribution in [3.63, 3.8) is 0 Å². The van der Waals surface area contributed by atoms with Gasteiger partial charge < -0.3 is 14.6 Å². The van der Waals surface area contributed by atoms with Crippen LogP contribution in [0.3, 0.4) is 0 Å². The molecule has 1 saturated carbocycles. The predicted molar refractivity (Wildman–Crippen MR) is 134 cm³/mol. The van der Waals surface area contributed by atoms with Gasteiger partial charge >= 0.3 is 0 Å². The predicted octanol–water partition coefficient (Wildman–Crippen LogP) is 4.60. The van der Waals surface area contributed by atoms with Gasteiger partial charge in [0.2, 0.25) is 0 Å². The lowest BCUT2D eigenvalue weighted by atomic mass is 9.76. The minimum atomic E-state index is -0.737. The fourth-order valence-corrected chi connectivity index (χ4v) is 5.15. The van der Waals surface area contributed by atoms with Gasteiger partial charge in [-0.2, -0.15) is 0 Å².